The summed E-state index contributed by atoms with van der Waals surface area (Å²) in [5, 5.41) is 14.1. The Hall–Kier alpha value is -0.940. The minimum Gasteiger partial charge on any atom is -0.311 e. The summed E-state index contributed by atoms with van der Waals surface area (Å²) in [6.07, 6.45) is 0. The number of nitrogens with zero attached hydrogens (tertiary/aromatic N) is 1. The summed E-state index contributed by atoms with van der Waals surface area (Å²) in [6.45, 7) is 10.5. The Morgan fingerprint density at radius 1 is 1.47 bits per heavy atom. The van der Waals surface area contributed by atoms with Gasteiger partial charge in [0.1, 0.15) is 0 Å². The summed E-state index contributed by atoms with van der Waals surface area (Å²) in [4.78, 5) is 11.2. The molecule has 0 aliphatic rings. The molecule has 5 heteroatoms. The van der Waals surface area contributed by atoms with Crippen LogP contribution in [0.2, 0.25) is 0 Å². The number of hydrogen-bond donors (Lipinski definition) is 1. The van der Waals surface area contributed by atoms with Gasteiger partial charge in [-0.1, -0.05) is 39.0 Å². The first-order valence-electron chi connectivity index (χ1n) is 5.77. The highest BCUT2D eigenvalue weighted by Gasteiger charge is 2.21. The maximum atomic E-state index is 10.5. The van der Waals surface area contributed by atoms with Crippen LogP contribution in [-0.4, -0.2) is 11.5 Å². The highest BCUT2D eigenvalue weighted by atomic mass is 32.1. The summed E-state index contributed by atoms with van der Waals surface area (Å²) < 4.78 is 0. The van der Waals surface area contributed by atoms with Crippen LogP contribution in [0.3, 0.4) is 0 Å². The van der Waals surface area contributed by atoms with Gasteiger partial charge >= 0.3 is 5.00 Å². The highest BCUT2D eigenvalue weighted by molar-refractivity contribution is 7.15. The molecule has 0 spiro atoms. The van der Waals surface area contributed by atoms with Crippen molar-refractivity contribution < 1.29 is 4.92 Å². The molecule has 1 heterocycles. The third kappa shape index (κ3) is 4.09. The Morgan fingerprint density at radius 2 is 2.12 bits per heavy atom. The first-order valence-corrected chi connectivity index (χ1v) is 6.58. The fraction of sp³-hybridized carbons (Fsp3) is 0.667. The van der Waals surface area contributed by atoms with Gasteiger partial charge in [0.25, 0.3) is 0 Å². The average Bonchev–Trinajstić information content (AvgIpc) is 2.66. The number of thiophene rings is 1. The smallest absolute Gasteiger partial charge is 0.311 e. The number of rotatable bonds is 6. The first kappa shape index (κ1) is 14.1. The zero-order valence-corrected chi connectivity index (χ0v) is 11.6. The van der Waals surface area contributed by atoms with E-state index in [9.17, 15) is 10.1 Å². The molecule has 0 aromatic carbocycles. The van der Waals surface area contributed by atoms with Crippen molar-refractivity contribution in [3.05, 3.63) is 27.1 Å². The SMILES string of the molecule is CC(C)C(C)(C)CNCc1ccc([N+](=O)[O-])s1. The van der Waals surface area contributed by atoms with E-state index < -0.39 is 0 Å². The van der Waals surface area contributed by atoms with Gasteiger partial charge in [0, 0.05) is 24.0 Å². The first-order chi connectivity index (χ1) is 7.83. The minimum absolute atomic E-state index is 0.213. The van der Waals surface area contributed by atoms with Crippen molar-refractivity contribution in [3.63, 3.8) is 0 Å². The normalized spacial score (nSPS) is 12.1. The van der Waals surface area contributed by atoms with E-state index in [2.05, 4.69) is 33.0 Å². The van der Waals surface area contributed by atoms with Crippen molar-refractivity contribution in [2.24, 2.45) is 11.3 Å². The third-order valence-corrected chi connectivity index (χ3v) is 4.31. The molecule has 96 valence electrons. The predicted molar refractivity (Wildman–Crippen MR) is 71.3 cm³/mol. The molecule has 0 saturated carbocycles. The molecule has 0 amide bonds. The fourth-order valence-corrected chi connectivity index (χ4v) is 2.06. The molecule has 0 aliphatic carbocycles. The van der Waals surface area contributed by atoms with Gasteiger partial charge in [0.05, 0.1) is 4.92 Å². The Bertz CT molecular complexity index is 386. The molecule has 0 bridgehead atoms. The molecule has 0 saturated heterocycles. The van der Waals surface area contributed by atoms with E-state index in [-0.39, 0.29) is 15.3 Å². The minimum atomic E-state index is -0.341. The standard InChI is InChI=1S/C12H20N2O2S/c1-9(2)12(3,4)8-13-7-10-5-6-11(17-10)14(15)16/h5-6,9,13H,7-8H2,1-4H3. The van der Waals surface area contributed by atoms with Gasteiger partial charge in [0.15, 0.2) is 0 Å². The molecule has 0 atom stereocenters. The van der Waals surface area contributed by atoms with Crippen LogP contribution >= 0.6 is 11.3 Å². The van der Waals surface area contributed by atoms with Crippen LogP contribution in [0.4, 0.5) is 5.00 Å². The Balaban J connectivity index is 2.43. The second-order valence-electron chi connectivity index (χ2n) is 5.24. The number of nitro groups is 1. The van der Waals surface area contributed by atoms with Gasteiger partial charge in [0.2, 0.25) is 0 Å². The van der Waals surface area contributed by atoms with Crippen LogP contribution in [0.15, 0.2) is 12.1 Å². The van der Waals surface area contributed by atoms with Gasteiger partial charge < -0.3 is 5.32 Å². The summed E-state index contributed by atoms with van der Waals surface area (Å²) in [6, 6.07) is 3.38. The van der Waals surface area contributed by atoms with Crippen LogP contribution in [0.1, 0.15) is 32.6 Å². The van der Waals surface area contributed by atoms with Gasteiger partial charge in [-0.3, -0.25) is 10.1 Å². The molecular formula is C12H20N2O2S. The van der Waals surface area contributed by atoms with Crippen molar-refractivity contribution in [2.75, 3.05) is 6.54 Å². The molecule has 1 aromatic rings. The summed E-state index contributed by atoms with van der Waals surface area (Å²) in [7, 11) is 0. The molecule has 0 radical (unpaired) electrons. The van der Waals surface area contributed by atoms with E-state index in [1.165, 1.54) is 11.3 Å². The van der Waals surface area contributed by atoms with E-state index in [4.69, 9.17) is 0 Å². The summed E-state index contributed by atoms with van der Waals surface area (Å²) >= 11 is 1.24. The van der Waals surface area contributed by atoms with Crippen molar-refractivity contribution >= 4 is 16.3 Å². The van der Waals surface area contributed by atoms with Gasteiger partial charge in [-0.2, -0.15) is 0 Å². The largest absolute Gasteiger partial charge is 0.324 e. The topological polar surface area (TPSA) is 55.2 Å². The van der Waals surface area contributed by atoms with Crippen LogP contribution in [0.25, 0.3) is 0 Å². The van der Waals surface area contributed by atoms with Crippen molar-refractivity contribution in [2.45, 2.75) is 34.2 Å². The summed E-state index contributed by atoms with van der Waals surface area (Å²) in [5.74, 6) is 0.604. The zero-order chi connectivity index (χ0) is 13.1. The molecular weight excluding hydrogens is 236 g/mol. The number of hydrogen-bond acceptors (Lipinski definition) is 4. The van der Waals surface area contributed by atoms with Crippen LogP contribution < -0.4 is 5.32 Å². The Kier molecular flexibility index (Phi) is 4.65. The molecule has 0 fully saturated rings. The lowest BCUT2D eigenvalue weighted by atomic mass is 9.81. The third-order valence-electron chi connectivity index (χ3n) is 3.27. The van der Waals surface area contributed by atoms with Gasteiger partial charge in [-0.25, -0.2) is 0 Å². The van der Waals surface area contributed by atoms with Gasteiger partial charge in [-0.15, -0.1) is 0 Å². The molecule has 4 nitrogen and oxygen atoms in total. The zero-order valence-electron chi connectivity index (χ0n) is 10.8. The molecule has 1 N–H and O–H groups in total. The van der Waals surface area contributed by atoms with E-state index in [0.717, 1.165) is 11.4 Å². The van der Waals surface area contributed by atoms with E-state index >= 15 is 0 Å². The molecule has 17 heavy (non-hydrogen) atoms. The van der Waals surface area contributed by atoms with Crippen molar-refractivity contribution in [3.8, 4) is 0 Å². The highest BCUT2D eigenvalue weighted by Crippen LogP contribution is 2.26. The molecule has 0 unspecified atom stereocenters. The molecule has 1 aromatic heterocycles. The lowest BCUT2D eigenvalue weighted by Crippen LogP contribution is -2.32. The van der Waals surface area contributed by atoms with Crippen molar-refractivity contribution in [1.82, 2.24) is 5.32 Å². The summed E-state index contributed by atoms with van der Waals surface area (Å²) in [5.41, 5.74) is 0.239. The van der Waals surface area contributed by atoms with E-state index in [1.54, 1.807) is 6.07 Å². The second kappa shape index (κ2) is 5.60. The maximum absolute atomic E-state index is 10.5. The molecule has 0 aliphatic heterocycles. The van der Waals surface area contributed by atoms with Crippen LogP contribution in [-0.2, 0) is 6.54 Å². The lowest BCUT2D eigenvalue weighted by Gasteiger charge is -2.29. The van der Waals surface area contributed by atoms with E-state index in [1.807, 2.05) is 6.07 Å². The molecule has 1 rings (SSSR count). The Morgan fingerprint density at radius 3 is 2.59 bits per heavy atom. The number of nitrogens with one attached hydrogen (secondary N) is 1. The van der Waals surface area contributed by atoms with Crippen LogP contribution in [0.5, 0.6) is 0 Å². The van der Waals surface area contributed by atoms with Crippen molar-refractivity contribution in [1.29, 1.82) is 0 Å². The lowest BCUT2D eigenvalue weighted by molar-refractivity contribution is -0.380. The Labute approximate surface area is 106 Å². The predicted octanol–water partition coefficient (Wildman–Crippen LogP) is 3.43. The van der Waals surface area contributed by atoms with Crippen LogP contribution in [0, 0.1) is 21.4 Å². The average molecular weight is 256 g/mol. The van der Waals surface area contributed by atoms with Gasteiger partial charge in [-0.05, 0) is 17.4 Å². The quantitative estimate of drug-likeness (QED) is 0.626. The maximum Gasteiger partial charge on any atom is 0.324 e. The fourth-order valence-electron chi connectivity index (χ4n) is 1.27. The monoisotopic (exact) mass is 256 g/mol. The second-order valence-corrected chi connectivity index (χ2v) is 6.39. The van der Waals surface area contributed by atoms with E-state index in [0.29, 0.717) is 12.5 Å².